The smallest absolute Gasteiger partial charge is 0.407 e. The summed E-state index contributed by atoms with van der Waals surface area (Å²) < 4.78 is 30.8. The molecule has 0 saturated heterocycles. The minimum Gasteiger partial charge on any atom is -0.464 e. The molecule has 62 heavy (non-hydrogen) atoms. The number of carbonyl (C=O) groups is 10. The maximum Gasteiger partial charge on any atom is 0.407 e. The van der Waals surface area contributed by atoms with Gasteiger partial charge in [0.1, 0.15) is 33.0 Å². The normalized spacial score (nSPS) is 13.2. The molecule has 22 nitrogen and oxygen atoms in total. The summed E-state index contributed by atoms with van der Waals surface area (Å²) in [6, 6.07) is 0. The van der Waals surface area contributed by atoms with Crippen molar-refractivity contribution in [2.24, 2.45) is 0 Å². The number of unbranched alkanes of at least 4 members (excludes halogenated alkanes) is 4. The van der Waals surface area contributed by atoms with Crippen molar-refractivity contribution < 1.29 is 76.4 Å². The van der Waals surface area contributed by atoms with E-state index in [4.69, 9.17) is 28.4 Å². The van der Waals surface area contributed by atoms with Gasteiger partial charge in [-0.3, -0.25) is 57.9 Å². The number of imide groups is 2. The molecule has 0 aromatic rings. The molecule has 0 aromatic carbocycles. The third-order valence-corrected chi connectivity index (χ3v) is 8.84. The lowest BCUT2D eigenvalue weighted by Gasteiger charge is -2.16. The third kappa shape index (κ3) is 25.1. The summed E-state index contributed by atoms with van der Waals surface area (Å²) in [5.74, 6) is -3.41. The first-order valence-corrected chi connectivity index (χ1v) is 20.7. The molecule has 3 N–H and O–H groups in total. The lowest BCUT2D eigenvalue weighted by Crippen LogP contribution is -2.34. The van der Waals surface area contributed by atoms with E-state index < -0.39 is 30.5 Å². The van der Waals surface area contributed by atoms with Crippen LogP contribution in [-0.4, -0.2) is 180 Å². The zero-order valence-electron chi connectivity index (χ0n) is 35.4. The highest BCUT2D eigenvalue weighted by Gasteiger charge is 2.23. The Morgan fingerprint density at radius 2 is 0.903 bits per heavy atom. The molecule has 0 saturated carbocycles. The molecule has 0 atom stereocenters. The summed E-state index contributed by atoms with van der Waals surface area (Å²) >= 11 is 0. The Labute approximate surface area is 360 Å². The molecule has 7 amide bonds. The molecule has 0 spiro atoms. The van der Waals surface area contributed by atoms with Crippen molar-refractivity contribution in [1.29, 1.82) is 0 Å². The van der Waals surface area contributed by atoms with Crippen LogP contribution in [0.15, 0.2) is 24.3 Å². The number of esters is 3. The van der Waals surface area contributed by atoms with Crippen molar-refractivity contribution in [3.05, 3.63) is 24.3 Å². The van der Waals surface area contributed by atoms with E-state index in [1.54, 1.807) is 11.9 Å². The van der Waals surface area contributed by atoms with Crippen LogP contribution >= 0.6 is 0 Å². The zero-order chi connectivity index (χ0) is 45.4. The topological polar surface area (TPSA) is 272 Å². The summed E-state index contributed by atoms with van der Waals surface area (Å²) in [5, 5.41) is 7.70. The van der Waals surface area contributed by atoms with Crippen molar-refractivity contribution in [2.75, 3.05) is 106 Å². The number of hydrogen-bond acceptors (Lipinski definition) is 17. The average molecular weight is 881 g/mol. The summed E-state index contributed by atoms with van der Waals surface area (Å²) in [5.41, 5.74) is 0. The van der Waals surface area contributed by atoms with Crippen LogP contribution in [0.25, 0.3) is 0 Å². The fourth-order valence-electron chi connectivity index (χ4n) is 5.42. The summed E-state index contributed by atoms with van der Waals surface area (Å²) in [6.07, 6.45) is 8.27. The van der Waals surface area contributed by atoms with Gasteiger partial charge in [0.15, 0.2) is 0 Å². The van der Waals surface area contributed by atoms with Crippen LogP contribution in [0.5, 0.6) is 0 Å². The molecule has 0 aromatic heterocycles. The second kappa shape index (κ2) is 32.0. The van der Waals surface area contributed by atoms with Gasteiger partial charge in [-0.1, -0.05) is 12.8 Å². The van der Waals surface area contributed by atoms with Crippen LogP contribution in [0, 0.1) is 0 Å². The van der Waals surface area contributed by atoms with Gasteiger partial charge in [0.05, 0.1) is 39.3 Å². The Kier molecular flexibility index (Phi) is 27.1. The Morgan fingerprint density at radius 3 is 1.37 bits per heavy atom. The largest absolute Gasteiger partial charge is 0.464 e. The van der Waals surface area contributed by atoms with Crippen molar-refractivity contribution >= 4 is 59.4 Å². The van der Waals surface area contributed by atoms with Gasteiger partial charge in [0, 0.05) is 76.4 Å². The number of amides is 7. The molecule has 22 heteroatoms. The van der Waals surface area contributed by atoms with Gasteiger partial charge in [-0.25, -0.2) is 4.79 Å². The number of nitrogens with zero attached hydrogens (tertiary/aromatic N) is 3. The number of ether oxygens (including phenoxy) is 6. The minimum atomic E-state index is -0.834. The second-order valence-electron chi connectivity index (χ2n) is 13.8. The highest BCUT2D eigenvalue weighted by molar-refractivity contribution is 6.13. The van der Waals surface area contributed by atoms with Crippen LogP contribution in [0.2, 0.25) is 0 Å². The Balaban J connectivity index is 1.31. The van der Waals surface area contributed by atoms with Gasteiger partial charge in [0.25, 0.3) is 23.6 Å². The third-order valence-electron chi connectivity index (χ3n) is 8.84. The van der Waals surface area contributed by atoms with Crippen molar-refractivity contribution in [2.45, 2.75) is 64.2 Å². The van der Waals surface area contributed by atoms with E-state index in [2.05, 4.69) is 16.0 Å². The van der Waals surface area contributed by atoms with Gasteiger partial charge in [0.2, 0.25) is 11.8 Å². The van der Waals surface area contributed by atoms with Crippen LogP contribution in [0.1, 0.15) is 64.2 Å². The molecule has 0 aliphatic carbocycles. The first-order chi connectivity index (χ1) is 29.8. The van der Waals surface area contributed by atoms with E-state index >= 15 is 0 Å². The van der Waals surface area contributed by atoms with E-state index in [0.717, 1.165) is 0 Å². The summed E-state index contributed by atoms with van der Waals surface area (Å²) in [4.78, 5) is 122. The molecule has 346 valence electrons. The Hall–Kier alpha value is -5.74. The van der Waals surface area contributed by atoms with E-state index in [1.165, 1.54) is 34.1 Å². The fourth-order valence-corrected chi connectivity index (χ4v) is 5.42. The van der Waals surface area contributed by atoms with Gasteiger partial charge >= 0.3 is 24.0 Å². The van der Waals surface area contributed by atoms with Gasteiger partial charge in [-0.15, -0.1) is 0 Å². The van der Waals surface area contributed by atoms with Crippen molar-refractivity contribution in [3.8, 4) is 0 Å². The summed E-state index contributed by atoms with van der Waals surface area (Å²) in [6.45, 7) is 2.04. The highest BCUT2D eigenvalue weighted by Crippen LogP contribution is 2.09. The monoisotopic (exact) mass is 880 g/mol. The lowest BCUT2D eigenvalue weighted by molar-refractivity contribution is -0.151. The fraction of sp³-hybridized carbons (Fsp3) is 0.650. The quantitative estimate of drug-likeness (QED) is 0.0307. The van der Waals surface area contributed by atoms with E-state index in [1.807, 2.05) is 0 Å². The molecule has 2 aliphatic heterocycles. The molecular formula is C40H60N6O16. The first-order valence-electron chi connectivity index (χ1n) is 20.7. The second-order valence-corrected chi connectivity index (χ2v) is 13.8. The van der Waals surface area contributed by atoms with Crippen LogP contribution < -0.4 is 16.0 Å². The molecule has 0 radical (unpaired) electrons. The predicted octanol–water partition coefficient (Wildman–Crippen LogP) is -0.709. The average Bonchev–Trinajstić information content (AvgIpc) is 3.74. The van der Waals surface area contributed by atoms with E-state index in [9.17, 15) is 47.9 Å². The Morgan fingerprint density at radius 1 is 0.484 bits per heavy atom. The number of carbonyl (C=O) groups excluding carboxylic acids is 10. The lowest BCUT2D eigenvalue weighted by atomic mass is 10.2. The van der Waals surface area contributed by atoms with Crippen LogP contribution in [-0.2, 0) is 71.6 Å². The molecule has 0 bridgehead atoms. The number of rotatable bonds is 35. The Bertz CT molecular complexity index is 1420. The van der Waals surface area contributed by atoms with Crippen LogP contribution in [0.4, 0.5) is 4.79 Å². The molecular weight excluding hydrogens is 820 g/mol. The first kappa shape index (κ1) is 52.4. The predicted molar refractivity (Wildman–Crippen MR) is 215 cm³/mol. The minimum absolute atomic E-state index is 0.0177. The van der Waals surface area contributed by atoms with Gasteiger partial charge in [-0.05, 0) is 32.7 Å². The van der Waals surface area contributed by atoms with Gasteiger partial charge in [-0.2, -0.15) is 0 Å². The molecule has 0 fully saturated rings. The number of alkyl carbamates (subject to hydrolysis) is 1. The highest BCUT2D eigenvalue weighted by atomic mass is 16.6. The van der Waals surface area contributed by atoms with E-state index in [-0.39, 0.29) is 114 Å². The number of hydrogen-bond donors (Lipinski definition) is 3. The van der Waals surface area contributed by atoms with E-state index in [0.29, 0.717) is 77.5 Å². The number of likely N-dealkylation sites (N-methyl/N-ethyl adjacent to an activating group) is 1. The van der Waals surface area contributed by atoms with Crippen molar-refractivity contribution in [1.82, 2.24) is 30.7 Å². The molecule has 0 unspecified atom stereocenters. The van der Waals surface area contributed by atoms with Crippen molar-refractivity contribution in [3.63, 3.8) is 0 Å². The van der Waals surface area contributed by atoms with Crippen LogP contribution in [0.3, 0.4) is 0 Å². The summed E-state index contributed by atoms with van der Waals surface area (Å²) in [7, 11) is 1.72. The molecule has 2 aliphatic rings. The SMILES string of the molecule is CN(CCOC(=O)CCC(=O)OCCOCCNC(=O)CCCCCN1C(=O)C=CC1=O)CCOC(=O)CNC(=O)OCCOCCNC(=O)CCCCCN1C(=O)C=CC1=O. The standard InChI is InChI=1S/C40H60N6O16/c1-44(20-24-59-37(53)14-15-38(54)61-28-26-57-22-16-41-31(47)8-4-2-6-18-45-33(49)10-11-34(45)50)21-25-60-39(55)30-43-40(56)62-29-27-58-23-17-42-32(48)9-5-3-7-19-46-35(51)12-13-36(46)52/h10-13H,2-9,14-30H2,1H3,(H,41,47)(H,42,48)(H,43,56). The zero-order valence-corrected chi connectivity index (χ0v) is 35.4. The maximum atomic E-state index is 12.0. The van der Waals surface area contributed by atoms with Gasteiger partial charge < -0.3 is 44.4 Å². The number of nitrogens with one attached hydrogen (secondary N) is 3. The maximum absolute atomic E-state index is 12.0. The molecule has 2 rings (SSSR count). The molecule has 2 heterocycles.